The van der Waals surface area contributed by atoms with Crippen molar-refractivity contribution in [2.24, 2.45) is 0 Å². The zero-order chi connectivity index (χ0) is 34.7. The lowest BCUT2D eigenvalue weighted by Crippen LogP contribution is -2.62. The Bertz CT molecular complexity index is 871. The summed E-state index contributed by atoms with van der Waals surface area (Å²) in [5.41, 5.74) is 0. The van der Waals surface area contributed by atoms with Crippen molar-refractivity contribution in [3.05, 3.63) is 0 Å². The third-order valence-corrected chi connectivity index (χ3v) is 9.25. The van der Waals surface area contributed by atoms with Crippen molar-refractivity contribution in [1.82, 2.24) is 0 Å². The third kappa shape index (κ3) is 7.86. The number of alkyl halides is 3. The molecule has 0 aromatic carbocycles. The Morgan fingerprint density at radius 3 is 1.43 bits per heavy atom. The molecule has 4 aliphatic heterocycles. The highest BCUT2D eigenvalue weighted by Gasteiger charge is 2.59. The molecule has 4 aliphatic rings. The van der Waals surface area contributed by atoms with E-state index >= 15 is 0 Å². The normalized spacial score (nSPS) is 51.1. The van der Waals surface area contributed by atoms with Gasteiger partial charge in [0.05, 0.1) is 37.0 Å². The zero-order valence-electron chi connectivity index (χ0n) is 23.9. The molecule has 0 amide bonds. The highest BCUT2D eigenvalue weighted by Crippen LogP contribution is 2.38. The van der Waals surface area contributed by atoms with Gasteiger partial charge in [-0.2, -0.15) is 0 Å². The Labute approximate surface area is 276 Å². The van der Waals surface area contributed by atoms with E-state index in [2.05, 4.69) is 0 Å². The fourth-order valence-electron chi connectivity index (χ4n) is 5.19. The number of hydrogen-bond acceptors (Lipinski definition) is 19. The summed E-state index contributed by atoms with van der Waals surface area (Å²) in [6.45, 7) is -2.85. The minimum atomic E-state index is -2.22. The van der Waals surface area contributed by atoms with E-state index < -0.39 is 141 Å². The van der Waals surface area contributed by atoms with Crippen molar-refractivity contribution >= 4 is 34.8 Å². The van der Waals surface area contributed by atoms with E-state index in [0.29, 0.717) is 0 Å². The van der Waals surface area contributed by atoms with Crippen LogP contribution in [0.1, 0.15) is 0 Å². The first kappa shape index (κ1) is 40.5. The maximum atomic E-state index is 10.1. The predicted octanol–water partition coefficient (Wildman–Crippen LogP) is -7.05. The van der Waals surface area contributed by atoms with Gasteiger partial charge in [-0.25, -0.2) is 0 Å². The number of halogens is 3. The van der Waals surface area contributed by atoms with Gasteiger partial charge in [-0.1, -0.05) is 0 Å². The zero-order valence-corrected chi connectivity index (χ0v) is 26.1. The van der Waals surface area contributed by atoms with Gasteiger partial charge in [0.1, 0.15) is 86.0 Å². The summed E-state index contributed by atoms with van der Waals surface area (Å²) in [6.07, 6.45) is -22.0. The van der Waals surface area contributed by atoms with Crippen LogP contribution in [-0.4, -0.2) is 213 Å². The minimum Gasteiger partial charge on any atom is -0.394 e. The lowest BCUT2D eigenvalue weighted by molar-refractivity contribution is -0.383. The van der Waals surface area contributed by atoms with Gasteiger partial charge >= 0.3 is 0 Å². The fraction of sp³-hybridized carbons (Fsp3) is 1.00. The summed E-state index contributed by atoms with van der Waals surface area (Å²) in [5, 5.41) is 125. The van der Waals surface area contributed by atoms with Crippen molar-refractivity contribution in [2.75, 3.05) is 38.2 Å². The highest BCUT2D eigenvalue weighted by atomic mass is 35.5. The second-order valence-corrected chi connectivity index (χ2v) is 12.1. The van der Waals surface area contributed by atoms with Gasteiger partial charge in [0, 0.05) is 0 Å². The summed E-state index contributed by atoms with van der Waals surface area (Å²) in [4.78, 5) is 0. The summed E-state index contributed by atoms with van der Waals surface area (Å²) >= 11 is 17.3. The molecule has 0 aliphatic carbocycles. The molecule has 0 aromatic heterocycles. The van der Waals surface area contributed by atoms with Gasteiger partial charge in [0.15, 0.2) is 12.6 Å². The number of hydrogen-bond donors (Lipinski definition) is 13. The molecule has 0 spiro atoms. The molecule has 46 heavy (non-hydrogen) atoms. The monoisotopic (exact) mass is 738 g/mol. The van der Waals surface area contributed by atoms with E-state index in [1.807, 2.05) is 0 Å². The molecule has 272 valence electrons. The number of aliphatic hydroxyl groups is 13. The lowest BCUT2D eigenvalue weighted by atomic mass is 9.99. The van der Waals surface area contributed by atoms with Crippen molar-refractivity contribution in [3.63, 3.8) is 0 Å². The first-order chi connectivity index (χ1) is 21.6. The maximum Gasteiger partial charge on any atom is 0.224 e. The van der Waals surface area contributed by atoms with Crippen LogP contribution < -0.4 is 0 Å². The standard InChI is InChI=1S/C12H19Cl3O8.C12H22O11/c13-1-4-7(17)10(20)12(3-14,22-4)23-11-9(19)8(18)6(15)5(2-16)21-11;13-1-4-6(16)8(18)9(19)11(21-4)23-12(3-15)10(20)7(17)5(2-14)22-12/h4-11,16-20H,1-3H2;4-11,13-20H,1-3H2/t4-,5-,6+,7?,8+,9-,10?,11-,12+;4-,5-,6-,7-,8+,9-,10+,11-,12?/m11/s1. The van der Waals surface area contributed by atoms with Crippen LogP contribution in [0.3, 0.4) is 0 Å². The van der Waals surface area contributed by atoms with Gasteiger partial charge in [0.2, 0.25) is 11.6 Å². The number of aliphatic hydroxyl groups excluding tert-OH is 13. The van der Waals surface area contributed by atoms with Crippen LogP contribution in [0.2, 0.25) is 0 Å². The van der Waals surface area contributed by atoms with Crippen LogP contribution in [0.4, 0.5) is 0 Å². The van der Waals surface area contributed by atoms with E-state index in [-0.39, 0.29) is 5.88 Å². The average Bonchev–Trinajstić information content (AvgIpc) is 3.45. The summed E-state index contributed by atoms with van der Waals surface area (Å²) < 4.78 is 31.6. The predicted molar refractivity (Wildman–Crippen MR) is 148 cm³/mol. The minimum absolute atomic E-state index is 0.125. The van der Waals surface area contributed by atoms with E-state index in [4.69, 9.17) is 73.4 Å². The number of ether oxygens (including phenoxy) is 6. The maximum absolute atomic E-state index is 10.1. The highest BCUT2D eigenvalue weighted by molar-refractivity contribution is 6.21. The van der Waals surface area contributed by atoms with E-state index in [0.717, 1.165) is 0 Å². The summed E-state index contributed by atoms with van der Waals surface area (Å²) in [7, 11) is 0. The molecule has 22 heteroatoms. The van der Waals surface area contributed by atoms with Crippen LogP contribution in [0, 0.1) is 0 Å². The van der Waals surface area contributed by atoms with Gasteiger partial charge in [-0.05, 0) is 0 Å². The molecular weight excluding hydrogens is 699 g/mol. The van der Waals surface area contributed by atoms with Crippen LogP contribution in [0.15, 0.2) is 0 Å². The van der Waals surface area contributed by atoms with Crippen molar-refractivity contribution in [2.45, 2.75) is 109 Å². The van der Waals surface area contributed by atoms with E-state index in [9.17, 15) is 56.2 Å². The Morgan fingerprint density at radius 2 is 0.978 bits per heavy atom. The molecule has 13 N–H and O–H groups in total. The van der Waals surface area contributed by atoms with Crippen molar-refractivity contribution in [3.8, 4) is 0 Å². The van der Waals surface area contributed by atoms with E-state index in [1.54, 1.807) is 0 Å². The lowest BCUT2D eigenvalue weighted by Gasteiger charge is -2.43. The first-order valence-corrected chi connectivity index (χ1v) is 15.5. The Kier molecular flexibility index (Phi) is 14.9. The number of rotatable bonds is 10. The molecule has 4 saturated heterocycles. The van der Waals surface area contributed by atoms with Gasteiger partial charge in [0.25, 0.3) is 0 Å². The van der Waals surface area contributed by atoms with Gasteiger partial charge < -0.3 is 94.8 Å². The SMILES string of the molecule is OC[C@H]1OC(CO)(O[C@H]2O[C@H](CO)[C@@H](O)[C@H](O)[C@H]2O)[C@@H](O)[C@@H]1O.OC[C@H]1O[C@H](O[C@]2(CCl)O[C@H](CCl)C(O)C2O)[C@H](O)[C@@H](O)[C@H]1Cl. The molecule has 4 fully saturated rings. The topological polar surface area (TPSA) is 318 Å². The van der Waals surface area contributed by atoms with Crippen LogP contribution in [0.5, 0.6) is 0 Å². The summed E-state index contributed by atoms with van der Waals surface area (Å²) in [5.74, 6) is -4.65. The third-order valence-electron chi connectivity index (χ3n) is 8.03. The fourth-order valence-corrected chi connectivity index (χ4v) is 6.01. The Balaban J connectivity index is 0.000000250. The van der Waals surface area contributed by atoms with Gasteiger partial charge in [-0.3, -0.25) is 0 Å². The van der Waals surface area contributed by atoms with Crippen LogP contribution in [0.25, 0.3) is 0 Å². The van der Waals surface area contributed by atoms with Crippen molar-refractivity contribution in [1.29, 1.82) is 0 Å². The smallest absolute Gasteiger partial charge is 0.224 e. The van der Waals surface area contributed by atoms with Crippen molar-refractivity contribution < 1.29 is 94.8 Å². The largest absolute Gasteiger partial charge is 0.394 e. The average molecular weight is 740 g/mol. The Morgan fingerprint density at radius 1 is 0.522 bits per heavy atom. The molecule has 0 saturated carbocycles. The van der Waals surface area contributed by atoms with Gasteiger partial charge in [-0.15, -0.1) is 34.8 Å². The first-order valence-electron chi connectivity index (χ1n) is 14.0. The van der Waals surface area contributed by atoms with Crippen LogP contribution in [-0.2, 0) is 28.4 Å². The summed E-state index contributed by atoms with van der Waals surface area (Å²) in [6, 6.07) is 0. The second-order valence-electron chi connectivity index (χ2n) is 11.0. The molecule has 0 bridgehead atoms. The molecule has 3 unspecified atom stereocenters. The molecular formula is C24H41Cl3O19. The van der Waals surface area contributed by atoms with Crippen LogP contribution >= 0.6 is 34.8 Å². The molecule has 4 rings (SSSR count). The Hall–Kier alpha value is 0.110. The molecule has 19 nitrogen and oxygen atoms in total. The second kappa shape index (κ2) is 16.9. The van der Waals surface area contributed by atoms with E-state index in [1.165, 1.54) is 0 Å². The molecule has 0 radical (unpaired) electrons. The quantitative estimate of drug-likeness (QED) is 0.0926. The molecule has 0 aromatic rings. The molecule has 18 atom stereocenters. The molecule has 4 heterocycles.